The van der Waals surface area contributed by atoms with Crippen LogP contribution in [-0.4, -0.2) is 7.11 Å². The molecule has 0 heterocycles. The SMILES string of the molecule is COc1ccc(/C(C#N)=C/c2c(OCc3ccccc3Cl)ccc3ccccc23)cc1. The van der Waals surface area contributed by atoms with Crippen LogP contribution in [0, 0.1) is 11.3 Å². The fourth-order valence-corrected chi connectivity index (χ4v) is 3.61. The minimum Gasteiger partial charge on any atom is -0.497 e. The molecule has 4 heteroatoms. The average molecular weight is 426 g/mol. The Morgan fingerprint density at radius 1 is 0.935 bits per heavy atom. The quantitative estimate of drug-likeness (QED) is 0.243. The van der Waals surface area contributed by atoms with E-state index in [1.54, 1.807) is 7.11 Å². The van der Waals surface area contributed by atoms with Crippen molar-refractivity contribution in [3.63, 3.8) is 0 Å². The third-order valence-corrected chi connectivity index (χ3v) is 5.45. The maximum Gasteiger partial charge on any atom is 0.127 e. The molecule has 0 saturated carbocycles. The molecule has 0 aromatic heterocycles. The van der Waals surface area contributed by atoms with Crippen LogP contribution in [0.15, 0.2) is 84.9 Å². The van der Waals surface area contributed by atoms with Crippen LogP contribution in [0.25, 0.3) is 22.4 Å². The van der Waals surface area contributed by atoms with Gasteiger partial charge in [0.1, 0.15) is 18.1 Å². The lowest BCUT2D eigenvalue weighted by molar-refractivity contribution is 0.306. The van der Waals surface area contributed by atoms with Gasteiger partial charge in [-0.1, -0.05) is 60.1 Å². The Balaban J connectivity index is 1.78. The fourth-order valence-electron chi connectivity index (χ4n) is 3.42. The van der Waals surface area contributed by atoms with Gasteiger partial charge in [-0.25, -0.2) is 0 Å². The highest BCUT2D eigenvalue weighted by molar-refractivity contribution is 6.31. The van der Waals surface area contributed by atoms with Crippen LogP contribution in [0.1, 0.15) is 16.7 Å². The first kappa shape index (κ1) is 20.5. The first-order valence-electron chi connectivity index (χ1n) is 9.84. The van der Waals surface area contributed by atoms with Gasteiger partial charge in [-0.05, 0) is 58.8 Å². The number of methoxy groups -OCH3 is 1. The van der Waals surface area contributed by atoms with Gasteiger partial charge in [0.25, 0.3) is 0 Å². The summed E-state index contributed by atoms with van der Waals surface area (Å²) in [6.45, 7) is 0.337. The lowest BCUT2D eigenvalue weighted by Crippen LogP contribution is -1.98. The van der Waals surface area contributed by atoms with Gasteiger partial charge >= 0.3 is 0 Å². The number of allylic oxidation sites excluding steroid dienone is 1. The number of halogens is 1. The van der Waals surface area contributed by atoms with Gasteiger partial charge in [0.2, 0.25) is 0 Å². The van der Waals surface area contributed by atoms with E-state index in [1.165, 1.54) is 0 Å². The van der Waals surface area contributed by atoms with E-state index < -0.39 is 0 Å². The summed E-state index contributed by atoms with van der Waals surface area (Å²) in [5, 5.41) is 12.6. The van der Waals surface area contributed by atoms with Crippen molar-refractivity contribution < 1.29 is 9.47 Å². The van der Waals surface area contributed by atoms with E-state index in [2.05, 4.69) is 6.07 Å². The molecule has 0 aliphatic carbocycles. The average Bonchev–Trinajstić information content (AvgIpc) is 2.82. The molecule has 0 aliphatic rings. The van der Waals surface area contributed by atoms with Crippen LogP contribution in [0.4, 0.5) is 0 Å². The van der Waals surface area contributed by atoms with E-state index in [0.717, 1.165) is 33.2 Å². The number of fused-ring (bicyclic) bond motifs is 1. The zero-order chi connectivity index (χ0) is 21.6. The molecule has 0 fully saturated rings. The summed E-state index contributed by atoms with van der Waals surface area (Å²) in [5.41, 5.74) is 3.12. The molecule has 3 nitrogen and oxygen atoms in total. The lowest BCUT2D eigenvalue weighted by Gasteiger charge is -2.13. The van der Waals surface area contributed by atoms with Gasteiger partial charge in [0, 0.05) is 16.1 Å². The predicted molar refractivity (Wildman–Crippen MR) is 126 cm³/mol. The molecule has 0 amide bonds. The number of nitriles is 1. The first-order chi connectivity index (χ1) is 15.2. The number of benzene rings is 4. The molecule has 4 rings (SSSR count). The van der Waals surface area contributed by atoms with E-state index >= 15 is 0 Å². The summed E-state index contributed by atoms with van der Waals surface area (Å²) in [6, 6.07) is 29.4. The standard InChI is InChI=1S/C27H20ClNO2/c1-30-23-13-10-19(11-14-23)22(17-29)16-25-24-8-4-2-6-20(24)12-15-27(25)31-18-21-7-3-5-9-26(21)28/h2-16H,18H2,1H3/b22-16+. The summed E-state index contributed by atoms with van der Waals surface area (Å²) in [4.78, 5) is 0. The van der Waals surface area contributed by atoms with Crippen molar-refractivity contribution in [2.24, 2.45) is 0 Å². The molecule has 152 valence electrons. The number of nitrogens with zero attached hydrogens (tertiary/aromatic N) is 1. The second-order valence-corrected chi connectivity index (χ2v) is 7.38. The summed E-state index contributed by atoms with van der Waals surface area (Å²) >= 11 is 6.29. The normalized spacial score (nSPS) is 11.2. The van der Waals surface area contributed by atoms with Crippen molar-refractivity contribution in [1.82, 2.24) is 0 Å². The zero-order valence-corrected chi connectivity index (χ0v) is 17.8. The highest BCUT2D eigenvalue weighted by Gasteiger charge is 2.11. The molecular weight excluding hydrogens is 406 g/mol. The second kappa shape index (κ2) is 9.38. The number of rotatable bonds is 6. The van der Waals surface area contributed by atoms with Gasteiger partial charge in [0.05, 0.1) is 18.8 Å². The van der Waals surface area contributed by atoms with Crippen molar-refractivity contribution in [1.29, 1.82) is 5.26 Å². The molecule has 0 bridgehead atoms. The Kier molecular flexibility index (Phi) is 6.21. The van der Waals surface area contributed by atoms with E-state index in [4.69, 9.17) is 21.1 Å². The van der Waals surface area contributed by atoms with Crippen LogP contribution in [0.2, 0.25) is 5.02 Å². The maximum atomic E-state index is 9.87. The molecule has 0 unspecified atom stereocenters. The Morgan fingerprint density at radius 2 is 1.68 bits per heavy atom. The number of hydrogen-bond donors (Lipinski definition) is 0. The van der Waals surface area contributed by atoms with Crippen molar-refractivity contribution in [3.8, 4) is 17.6 Å². The van der Waals surface area contributed by atoms with Gasteiger partial charge in [-0.2, -0.15) is 5.26 Å². The van der Waals surface area contributed by atoms with Crippen molar-refractivity contribution in [2.45, 2.75) is 6.61 Å². The monoisotopic (exact) mass is 425 g/mol. The molecule has 4 aromatic carbocycles. The highest BCUT2D eigenvalue weighted by atomic mass is 35.5. The lowest BCUT2D eigenvalue weighted by atomic mass is 9.98. The van der Waals surface area contributed by atoms with Crippen LogP contribution in [0.3, 0.4) is 0 Å². The van der Waals surface area contributed by atoms with Crippen LogP contribution in [0.5, 0.6) is 11.5 Å². The van der Waals surface area contributed by atoms with Crippen LogP contribution < -0.4 is 9.47 Å². The molecule has 0 radical (unpaired) electrons. The largest absolute Gasteiger partial charge is 0.497 e. The number of ether oxygens (including phenoxy) is 2. The summed E-state index contributed by atoms with van der Waals surface area (Å²) in [5.74, 6) is 1.44. The molecular formula is C27H20ClNO2. The minimum atomic E-state index is 0.337. The van der Waals surface area contributed by atoms with E-state index in [0.29, 0.717) is 23.0 Å². The van der Waals surface area contributed by atoms with Crippen molar-refractivity contribution in [2.75, 3.05) is 7.11 Å². The van der Waals surface area contributed by atoms with E-state index in [9.17, 15) is 5.26 Å². The fraction of sp³-hybridized carbons (Fsp3) is 0.0741. The molecule has 0 N–H and O–H groups in total. The molecule has 0 aliphatic heterocycles. The van der Waals surface area contributed by atoms with Crippen molar-refractivity contribution >= 4 is 34.0 Å². The molecule has 0 atom stereocenters. The Morgan fingerprint density at radius 3 is 2.42 bits per heavy atom. The summed E-state index contributed by atoms with van der Waals surface area (Å²) < 4.78 is 11.4. The maximum absolute atomic E-state index is 9.87. The van der Waals surface area contributed by atoms with E-state index in [-0.39, 0.29) is 0 Å². The van der Waals surface area contributed by atoms with Gasteiger partial charge in [-0.15, -0.1) is 0 Å². The third-order valence-electron chi connectivity index (χ3n) is 5.08. The Hall–Kier alpha value is -3.74. The first-order valence-corrected chi connectivity index (χ1v) is 10.2. The molecule has 4 aromatic rings. The third kappa shape index (κ3) is 4.55. The topological polar surface area (TPSA) is 42.2 Å². The minimum absolute atomic E-state index is 0.337. The Bertz CT molecular complexity index is 1290. The van der Waals surface area contributed by atoms with Gasteiger partial charge < -0.3 is 9.47 Å². The van der Waals surface area contributed by atoms with E-state index in [1.807, 2.05) is 91.0 Å². The second-order valence-electron chi connectivity index (χ2n) is 6.98. The van der Waals surface area contributed by atoms with Crippen LogP contribution in [-0.2, 0) is 6.61 Å². The zero-order valence-electron chi connectivity index (χ0n) is 17.0. The van der Waals surface area contributed by atoms with Gasteiger partial charge in [-0.3, -0.25) is 0 Å². The predicted octanol–water partition coefficient (Wildman–Crippen LogP) is 7.14. The van der Waals surface area contributed by atoms with Gasteiger partial charge in [0.15, 0.2) is 0 Å². The Labute approximate surface area is 186 Å². The molecule has 31 heavy (non-hydrogen) atoms. The number of hydrogen-bond acceptors (Lipinski definition) is 3. The van der Waals surface area contributed by atoms with Crippen LogP contribution >= 0.6 is 11.6 Å². The highest BCUT2D eigenvalue weighted by Crippen LogP contribution is 2.33. The molecule has 0 spiro atoms. The van der Waals surface area contributed by atoms with Crippen molar-refractivity contribution in [3.05, 3.63) is 107 Å². The summed E-state index contributed by atoms with van der Waals surface area (Å²) in [6.07, 6.45) is 1.88. The summed E-state index contributed by atoms with van der Waals surface area (Å²) in [7, 11) is 1.62. The molecule has 0 saturated heterocycles. The smallest absolute Gasteiger partial charge is 0.127 e.